The molecule has 102 valence electrons. The fourth-order valence-corrected chi connectivity index (χ4v) is 4.17. The highest BCUT2D eigenvalue weighted by molar-refractivity contribution is 9.10. The van der Waals surface area contributed by atoms with Crippen LogP contribution in [-0.2, 0) is 0 Å². The Morgan fingerprint density at radius 1 is 1.37 bits per heavy atom. The van der Waals surface area contributed by atoms with Crippen LogP contribution in [0.15, 0.2) is 22.7 Å². The summed E-state index contributed by atoms with van der Waals surface area (Å²) < 4.78 is 1.00. The lowest BCUT2D eigenvalue weighted by Crippen LogP contribution is -2.32. The van der Waals surface area contributed by atoms with E-state index in [0.29, 0.717) is 0 Å². The first-order valence-electron chi connectivity index (χ1n) is 7.18. The molecule has 1 N–H and O–H groups in total. The third-order valence-electron chi connectivity index (χ3n) is 4.92. The molecule has 3 unspecified atom stereocenters. The number of benzene rings is 1. The first-order chi connectivity index (χ1) is 9.15. The Morgan fingerprint density at radius 2 is 2.21 bits per heavy atom. The zero-order chi connectivity index (χ0) is 13.4. The van der Waals surface area contributed by atoms with E-state index < -0.39 is 0 Å². The number of carbonyl (C=O) groups is 1. The van der Waals surface area contributed by atoms with Gasteiger partial charge in [-0.2, -0.15) is 0 Å². The highest BCUT2D eigenvalue weighted by atomic mass is 79.9. The summed E-state index contributed by atoms with van der Waals surface area (Å²) >= 11 is 3.48. The van der Waals surface area contributed by atoms with Crippen molar-refractivity contribution in [2.24, 2.45) is 17.8 Å². The highest BCUT2D eigenvalue weighted by Gasteiger charge is 2.39. The van der Waals surface area contributed by atoms with Crippen LogP contribution in [0.1, 0.15) is 41.6 Å². The van der Waals surface area contributed by atoms with Gasteiger partial charge in [0.1, 0.15) is 0 Å². The molecule has 2 aliphatic carbocycles. The first-order valence-corrected chi connectivity index (χ1v) is 7.97. The minimum absolute atomic E-state index is 0.0709. The molecule has 0 heterocycles. The van der Waals surface area contributed by atoms with E-state index in [0.717, 1.165) is 39.9 Å². The lowest BCUT2D eigenvalue weighted by Gasteiger charge is -2.22. The Morgan fingerprint density at radius 3 is 2.89 bits per heavy atom. The standard InChI is InChI=1S/C16H20BrNO/c1-10-14(3-2-4-15(10)17)16(19)18-9-13-8-11-5-6-12(13)7-11/h2-4,11-13H,5-9H2,1H3,(H,18,19). The molecule has 0 aliphatic heterocycles. The van der Waals surface area contributed by atoms with Crippen LogP contribution in [-0.4, -0.2) is 12.5 Å². The minimum atomic E-state index is 0.0709. The Labute approximate surface area is 123 Å². The molecule has 1 amide bonds. The van der Waals surface area contributed by atoms with Crippen LogP contribution >= 0.6 is 15.9 Å². The van der Waals surface area contributed by atoms with Gasteiger partial charge < -0.3 is 5.32 Å². The fraction of sp³-hybridized carbons (Fsp3) is 0.562. The quantitative estimate of drug-likeness (QED) is 0.898. The second-order valence-electron chi connectivity index (χ2n) is 6.06. The maximum Gasteiger partial charge on any atom is 0.251 e. The largest absolute Gasteiger partial charge is 0.352 e. The second-order valence-corrected chi connectivity index (χ2v) is 6.91. The van der Waals surface area contributed by atoms with Crippen molar-refractivity contribution in [3.63, 3.8) is 0 Å². The van der Waals surface area contributed by atoms with Gasteiger partial charge in [0.2, 0.25) is 0 Å². The number of hydrogen-bond donors (Lipinski definition) is 1. The number of amides is 1. The molecule has 0 saturated heterocycles. The molecule has 0 spiro atoms. The number of hydrogen-bond acceptors (Lipinski definition) is 1. The van der Waals surface area contributed by atoms with Crippen LogP contribution in [0.25, 0.3) is 0 Å². The van der Waals surface area contributed by atoms with E-state index in [1.807, 2.05) is 25.1 Å². The summed E-state index contributed by atoms with van der Waals surface area (Å²) in [5.74, 6) is 2.60. The van der Waals surface area contributed by atoms with Crippen molar-refractivity contribution in [2.75, 3.05) is 6.54 Å². The molecule has 2 nitrogen and oxygen atoms in total. The zero-order valence-electron chi connectivity index (χ0n) is 11.3. The Kier molecular flexibility index (Phi) is 3.66. The predicted molar refractivity (Wildman–Crippen MR) is 80.2 cm³/mol. The van der Waals surface area contributed by atoms with Crippen molar-refractivity contribution >= 4 is 21.8 Å². The molecule has 0 radical (unpaired) electrons. The van der Waals surface area contributed by atoms with Crippen molar-refractivity contribution in [1.29, 1.82) is 0 Å². The van der Waals surface area contributed by atoms with Crippen LogP contribution in [0.4, 0.5) is 0 Å². The van der Waals surface area contributed by atoms with Gasteiger partial charge >= 0.3 is 0 Å². The third kappa shape index (κ3) is 2.58. The summed E-state index contributed by atoms with van der Waals surface area (Å²) in [6.45, 7) is 2.84. The lowest BCUT2D eigenvalue weighted by molar-refractivity contribution is 0.0941. The van der Waals surface area contributed by atoms with Gasteiger partial charge in [-0.25, -0.2) is 0 Å². The van der Waals surface area contributed by atoms with Gasteiger partial charge in [0, 0.05) is 16.6 Å². The normalized spacial score (nSPS) is 28.6. The van der Waals surface area contributed by atoms with Crippen LogP contribution in [0, 0.1) is 24.7 Å². The van der Waals surface area contributed by atoms with Gasteiger partial charge in [0.25, 0.3) is 5.91 Å². The number of halogens is 1. The van der Waals surface area contributed by atoms with E-state index in [1.54, 1.807) is 0 Å². The maximum absolute atomic E-state index is 12.2. The molecule has 2 bridgehead atoms. The Bertz CT molecular complexity index is 500. The minimum Gasteiger partial charge on any atom is -0.352 e. The van der Waals surface area contributed by atoms with Crippen LogP contribution in [0.2, 0.25) is 0 Å². The monoisotopic (exact) mass is 321 g/mol. The smallest absolute Gasteiger partial charge is 0.251 e. The summed E-state index contributed by atoms with van der Waals surface area (Å²) in [4.78, 5) is 12.2. The SMILES string of the molecule is Cc1c(Br)cccc1C(=O)NCC1CC2CCC1C2. The molecule has 1 aromatic rings. The molecule has 19 heavy (non-hydrogen) atoms. The Hall–Kier alpha value is -0.830. The van der Waals surface area contributed by atoms with E-state index in [1.165, 1.54) is 25.7 Å². The van der Waals surface area contributed by atoms with Gasteiger partial charge in [-0.3, -0.25) is 4.79 Å². The molecular formula is C16H20BrNO. The van der Waals surface area contributed by atoms with Crippen LogP contribution in [0.3, 0.4) is 0 Å². The van der Waals surface area contributed by atoms with Crippen molar-refractivity contribution in [3.05, 3.63) is 33.8 Å². The van der Waals surface area contributed by atoms with Gasteiger partial charge in [-0.15, -0.1) is 0 Å². The summed E-state index contributed by atoms with van der Waals surface area (Å²) in [7, 11) is 0. The van der Waals surface area contributed by atoms with E-state index in [2.05, 4.69) is 21.2 Å². The average molecular weight is 322 g/mol. The molecule has 2 saturated carbocycles. The van der Waals surface area contributed by atoms with Gasteiger partial charge in [0.15, 0.2) is 0 Å². The molecule has 3 atom stereocenters. The topological polar surface area (TPSA) is 29.1 Å². The Balaban J connectivity index is 1.61. The lowest BCUT2D eigenvalue weighted by atomic mass is 9.89. The average Bonchev–Trinajstić information content (AvgIpc) is 3.01. The van der Waals surface area contributed by atoms with Gasteiger partial charge in [-0.1, -0.05) is 28.4 Å². The van der Waals surface area contributed by atoms with E-state index in [9.17, 15) is 4.79 Å². The number of carbonyl (C=O) groups excluding carboxylic acids is 1. The zero-order valence-corrected chi connectivity index (χ0v) is 12.9. The van der Waals surface area contributed by atoms with E-state index >= 15 is 0 Å². The van der Waals surface area contributed by atoms with Crippen LogP contribution in [0.5, 0.6) is 0 Å². The molecule has 1 aromatic carbocycles. The van der Waals surface area contributed by atoms with Gasteiger partial charge in [0.05, 0.1) is 0 Å². The van der Waals surface area contributed by atoms with Crippen LogP contribution < -0.4 is 5.32 Å². The molecular weight excluding hydrogens is 302 g/mol. The summed E-state index contributed by atoms with van der Waals surface area (Å²) in [6, 6.07) is 5.79. The third-order valence-corrected chi connectivity index (χ3v) is 5.78. The van der Waals surface area contributed by atoms with Crippen molar-refractivity contribution in [2.45, 2.75) is 32.6 Å². The van der Waals surface area contributed by atoms with E-state index in [4.69, 9.17) is 0 Å². The molecule has 0 aromatic heterocycles. The highest BCUT2D eigenvalue weighted by Crippen LogP contribution is 2.47. The van der Waals surface area contributed by atoms with E-state index in [-0.39, 0.29) is 5.91 Å². The number of fused-ring (bicyclic) bond motifs is 2. The molecule has 3 rings (SSSR count). The molecule has 2 aliphatic rings. The summed E-state index contributed by atoms with van der Waals surface area (Å²) in [5, 5.41) is 3.13. The molecule has 3 heteroatoms. The van der Waals surface area contributed by atoms with Crippen molar-refractivity contribution < 1.29 is 4.79 Å². The summed E-state index contributed by atoms with van der Waals surface area (Å²) in [6.07, 6.45) is 5.51. The first kappa shape index (κ1) is 13.2. The fourth-order valence-electron chi connectivity index (χ4n) is 3.80. The van der Waals surface area contributed by atoms with Crippen molar-refractivity contribution in [3.8, 4) is 0 Å². The van der Waals surface area contributed by atoms with Gasteiger partial charge in [-0.05, 0) is 61.6 Å². The number of rotatable bonds is 3. The van der Waals surface area contributed by atoms with Crippen molar-refractivity contribution in [1.82, 2.24) is 5.32 Å². The number of nitrogens with one attached hydrogen (secondary N) is 1. The summed E-state index contributed by atoms with van der Waals surface area (Å²) in [5.41, 5.74) is 1.81. The maximum atomic E-state index is 12.2. The predicted octanol–water partition coefficient (Wildman–Crippen LogP) is 3.92. The molecule has 2 fully saturated rings. The second kappa shape index (κ2) is 5.28.